The van der Waals surface area contributed by atoms with Crippen LogP contribution in [0, 0.1) is 0 Å². The number of allylic oxidation sites excluding steroid dienone is 2. The third-order valence-corrected chi connectivity index (χ3v) is 8.38. The van der Waals surface area contributed by atoms with E-state index >= 15 is 0 Å². The normalized spacial score (nSPS) is 20.1. The van der Waals surface area contributed by atoms with Gasteiger partial charge in [0.05, 0.1) is 0 Å². The molecule has 0 saturated heterocycles. The Balaban J connectivity index is 1.21. The molecule has 1 aromatic heterocycles. The third-order valence-electron chi connectivity index (χ3n) is 8.38. The van der Waals surface area contributed by atoms with Crippen molar-refractivity contribution in [2.75, 3.05) is 0 Å². The van der Waals surface area contributed by atoms with E-state index in [9.17, 15) is 0 Å². The summed E-state index contributed by atoms with van der Waals surface area (Å²) in [6.45, 7) is 0. The maximum absolute atomic E-state index is 6.86. The largest absolute Gasteiger partial charge is 0.484 e. The van der Waals surface area contributed by atoms with Crippen molar-refractivity contribution in [2.24, 2.45) is 0 Å². The minimum absolute atomic E-state index is 0.0182. The Labute approximate surface area is 210 Å². The van der Waals surface area contributed by atoms with Crippen LogP contribution in [0.25, 0.3) is 38.5 Å². The molecule has 4 aromatic carbocycles. The summed E-state index contributed by atoms with van der Waals surface area (Å²) in [5.41, 5.74) is 11.7. The van der Waals surface area contributed by atoms with Crippen LogP contribution in [-0.2, 0) is 12.8 Å². The van der Waals surface area contributed by atoms with Gasteiger partial charge in [-0.15, -0.1) is 0 Å². The highest BCUT2D eigenvalue weighted by Crippen LogP contribution is 2.50. The number of rotatable bonds is 2. The monoisotopic (exact) mass is 465 g/mol. The molecule has 2 nitrogen and oxygen atoms in total. The average Bonchev–Trinajstić information content (AvgIpc) is 3.51. The first kappa shape index (κ1) is 20.2. The number of H-pyrrole nitrogens is 1. The molecule has 2 heterocycles. The molecule has 1 aliphatic heterocycles. The number of para-hydroxylation sites is 2. The third kappa shape index (κ3) is 2.97. The molecular formula is C34H27NO. The number of benzene rings is 4. The van der Waals surface area contributed by atoms with Crippen LogP contribution in [0.5, 0.6) is 5.75 Å². The molecular weight excluding hydrogens is 438 g/mol. The summed E-state index contributed by atoms with van der Waals surface area (Å²) in [4.78, 5) is 3.55. The predicted octanol–water partition coefficient (Wildman–Crippen LogP) is 8.36. The summed E-state index contributed by atoms with van der Waals surface area (Å²) in [5, 5.41) is 2.52. The molecule has 0 saturated carbocycles. The summed E-state index contributed by atoms with van der Waals surface area (Å²) in [7, 11) is 0. The van der Waals surface area contributed by atoms with Gasteiger partial charge >= 0.3 is 0 Å². The molecule has 174 valence electrons. The quantitative estimate of drug-likeness (QED) is 0.278. The smallest absolute Gasteiger partial charge is 0.135 e. The number of aryl methyl sites for hydroxylation is 2. The number of aromatic amines is 1. The lowest BCUT2D eigenvalue weighted by Crippen LogP contribution is -2.21. The van der Waals surface area contributed by atoms with Gasteiger partial charge in [-0.1, -0.05) is 78.9 Å². The predicted molar refractivity (Wildman–Crippen MR) is 149 cm³/mol. The second-order valence-corrected chi connectivity index (χ2v) is 10.4. The topological polar surface area (TPSA) is 25.0 Å². The van der Waals surface area contributed by atoms with Crippen LogP contribution in [0.3, 0.4) is 0 Å². The number of nitrogens with one attached hydrogen (secondary N) is 1. The van der Waals surface area contributed by atoms with Gasteiger partial charge in [0.15, 0.2) is 0 Å². The van der Waals surface area contributed by atoms with Gasteiger partial charge < -0.3 is 9.72 Å². The summed E-state index contributed by atoms with van der Waals surface area (Å²) in [6, 6.07) is 29.0. The van der Waals surface area contributed by atoms with Gasteiger partial charge in [0.25, 0.3) is 0 Å². The van der Waals surface area contributed by atoms with Crippen molar-refractivity contribution in [1.29, 1.82) is 0 Å². The fourth-order valence-corrected chi connectivity index (χ4v) is 6.56. The SMILES string of the molecule is C1=CC2c3cccc(-c4ccc5[nH]c6ccccc6c5c4)c3OC2C(c2ccc3c(c2)CCCC3)=C1. The van der Waals surface area contributed by atoms with Crippen molar-refractivity contribution in [1.82, 2.24) is 4.98 Å². The van der Waals surface area contributed by atoms with Gasteiger partial charge in [-0.3, -0.25) is 0 Å². The lowest BCUT2D eigenvalue weighted by molar-refractivity contribution is 0.279. The van der Waals surface area contributed by atoms with Crippen molar-refractivity contribution < 1.29 is 4.74 Å². The molecule has 5 aromatic rings. The Morgan fingerprint density at radius 2 is 1.58 bits per heavy atom. The summed E-state index contributed by atoms with van der Waals surface area (Å²) >= 11 is 0. The first-order valence-corrected chi connectivity index (χ1v) is 13.1. The first-order valence-electron chi connectivity index (χ1n) is 13.1. The van der Waals surface area contributed by atoms with E-state index in [1.165, 1.54) is 86.4 Å². The van der Waals surface area contributed by atoms with Gasteiger partial charge in [-0.05, 0) is 66.1 Å². The number of ether oxygens (including phenoxy) is 1. The molecule has 3 aliphatic rings. The maximum atomic E-state index is 6.86. The highest BCUT2D eigenvalue weighted by molar-refractivity contribution is 6.08. The van der Waals surface area contributed by atoms with Crippen molar-refractivity contribution in [3.63, 3.8) is 0 Å². The first-order chi connectivity index (χ1) is 17.8. The van der Waals surface area contributed by atoms with Crippen LogP contribution in [0.4, 0.5) is 0 Å². The number of aromatic nitrogens is 1. The van der Waals surface area contributed by atoms with Crippen LogP contribution in [0.15, 0.2) is 97.1 Å². The van der Waals surface area contributed by atoms with E-state index in [4.69, 9.17) is 4.74 Å². The second-order valence-electron chi connectivity index (χ2n) is 10.4. The zero-order valence-electron chi connectivity index (χ0n) is 20.1. The van der Waals surface area contributed by atoms with Crippen LogP contribution in [0.2, 0.25) is 0 Å². The molecule has 1 N–H and O–H groups in total. The Kier molecular flexibility index (Phi) is 4.33. The summed E-state index contributed by atoms with van der Waals surface area (Å²) in [5.74, 6) is 1.27. The molecule has 2 unspecified atom stereocenters. The molecule has 0 fully saturated rings. The van der Waals surface area contributed by atoms with Gasteiger partial charge in [0, 0.05) is 44.4 Å². The molecule has 0 amide bonds. The molecule has 2 aliphatic carbocycles. The van der Waals surface area contributed by atoms with Crippen molar-refractivity contribution in [2.45, 2.75) is 37.7 Å². The fraction of sp³-hybridized carbons (Fsp3) is 0.176. The fourth-order valence-electron chi connectivity index (χ4n) is 6.56. The van der Waals surface area contributed by atoms with Gasteiger partial charge in [0.1, 0.15) is 11.9 Å². The van der Waals surface area contributed by atoms with Gasteiger partial charge in [-0.2, -0.15) is 0 Å². The highest BCUT2D eigenvalue weighted by Gasteiger charge is 2.38. The van der Waals surface area contributed by atoms with E-state index < -0.39 is 0 Å². The Morgan fingerprint density at radius 3 is 2.56 bits per heavy atom. The number of hydrogen-bond acceptors (Lipinski definition) is 1. The lowest BCUT2D eigenvalue weighted by atomic mass is 9.82. The molecule has 8 rings (SSSR count). The Bertz CT molecular complexity index is 1730. The number of fused-ring (bicyclic) bond motifs is 7. The van der Waals surface area contributed by atoms with E-state index in [1.54, 1.807) is 0 Å². The van der Waals surface area contributed by atoms with E-state index in [1.807, 2.05) is 0 Å². The van der Waals surface area contributed by atoms with Crippen molar-refractivity contribution in [3.8, 4) is 16.9 Å². The van der Waals surface area contributed by atoms with Gasteiger partial charge in [-0.25, -0.2) is 0 Å². The lowest BCUT2D eigenvalue weighted by Gasteiger charge is -2.24. The number of hydrogen-bond donors (Lipinski definition) is 1. The Hall–Kier alpha value is -4.04. The minimum atomic E-state index is 0.0182. The van der Waals surface area contributed by atoms with Crippen LogP contribution in [0.1, 0.15) is 41.0 Å². The highest BCUT2D eigenvalue weighted by atomic mass is 16.5. The van der Waals surface area contributed by atoms with E-state index in [0.29, 0.717) is 0 Å². The molecule has 2 heteroatoms. The molecule has 0 spiro atoms. The average molecular weight is 466 g/mol. The maximum Gasteiger partial charge on any atom is 0.135 e. The van der Waals surface area contributed by atoms with Gasteiger partial charge in [0.2, 0.25) is 0 Å². The van der Waals surface area contributed by atoms with Crippen LogP contribution >= 0.6 is 0 Å². The minimum Gasteiger partial charge on any atom is -0.484 e. The second kappa shape index (κ2) is 7.73. The van der Waals surface area contributed by atoms with Crippen molar-refractivity contribution in [3.05, 3.63) is 119 Å². The zero-order valence-corrected chi connectivity index (χ0v) is 20.1. The molecule has 36 heavy (non-hydrogen) atoms. The van der Waals surface area contributed by atoms with E-state index in [2.05, 4.69) is 102 Å². The molecule has 0 bridgehead atoms. The molecule has 0 radical (unpaired) electrons. The van der Waals surface area contributed by atoms with E-state index in [-0.39, 0.29) is 12.0 Å². The van der Waals surface area contributed by atoms with Crippen LogP contribution < -0.4 is 4.74 Å². The van der Waals surface area contributed by atoms with E-state index in [0.717, 1.165) is 5.75 Å². The zero-order chi connectivity index (χ0) is 23.6. The molecule has 2 atom stereocenters. The summed E-state index contributed by atoms with van der Waals surface area (Å²) < 4.78 is 6.86. The Morgan fingerprint density at radius 1 is 0.722 bits per heavy atom. The standard InChI is InChI=1S/C34H27NO/c1-2-8-22-19-23(16-15-21(22)7-1)25-10-5-12-28-29-13-6-11-26(34(29)36-33(25)28)24-17-18-32-30(20-24)27-9-3-4-14-31(27)35-32/h3-6,9-20,28,33,35H,1-2,7-8H2. The van der Waals surface area contributed by atoms with Crippen LogP contribution in [-0.4, -0.2) is 11.1 Å². The summed E-state index contributed by atoms with van der Waals surface area (Å²) in [6.07, 6.45) is 11.8. The van der Waals surface area contributed by atoms with Crippen molar-refractivity contribution >= 4 is 27.4 Å².